The lowest BCUT2D eigenvalue weighted by Gasteiger charge is -2.43. The SMILES string of the molecule is CCCNc1ncc(C)c(N2CC(CO)OC(C)(C)C2)n1. The van der Waals surface area contributed by atoms with Crippen molar-refractivity contribution in [1.82, 2.24) is 9.97 Å². The third-order valence-corrected chi connectivity index (χ3v) is 3.46. The fourth-order valence-corrected chi connectivity index (χ4v) is 2.63. The molecule has 0 amide bonds. The van der Waals surface area contributed by atoms with Crippen LogP contribution in [0.5, 0.6) is 0 Å². The molecular weight excluding hydrogens is 268 g/mol. The molecule has 118 valence electrons. The van der Waals surface area contributed by atoms with Gasteiger partial charge in [0.2, 0.25) is 5.95 Å². The second kappa shape index (κ2) is 6.58. The van der Waals surface area contributed by atoms with Crippen molar-refractivity contribution in [3.63, 3.8) is 0 Å². The summed E-state index contributed by atoms with van der Waals surface area (Å²) in [5.74, 6) is 1.57. The predicted molar refractivity (Wildman–Crippen MR) is 83.8 cm³/mol. The molecule has 1 fully saturated rings. The van der Waals surface area contributed by atoms with Crippen LogP contribution in [-0.2, 0) is 4.74 Å². The molecule has 1 aromatic rings. The van der Waals surface area contributed by atoms with Crippen LogP contribution < -0.4 is 10.2 Å². The van der Waals surface area contributed by atoms with E-state index in [-0.39, 0.29) is 18.3 Å². The number of aliphatic hydroxyl groups excluding tert-OH is 1. The monoisotopic (exact) mass is 294 g/mol. The minimum atomic E-state index is -0.306. The average molecular weight is 294 g/mol. The van der Waals surface area contributed by atoms with Gasteiger partial charge in [0.15, 0.2) is 0 Å². The van der Waals surface area contributed by atoms with E-state index >= 15 is 0 Å². The molecule has 2 N–H and O–H groups in total. The lowest BCUT2D eigenvalue weighted by molar-refractivity contribution is -0.101. The van der Waals surface area contributed by atoms with Crippen LogP contribution in [0.1, 0.15) is 32.8 Å². The number of aromatic nitrogens is 2. The Bertz CT molecular complexity index is 479. The zero-order valence-corrected chi connectivity index (χ0v) is 13.4. The van der Waals surface area contributed by atoms with E-state index in [9.17, 15) is 5.11 Å². The lowest BCUT2D eigenvalue weighted by atomic mass is 10.0. The van der Waals surface area contributed by atoms with E-state index in [1.807, 2.05) is 27.0 Å². The summed E-state index contributed by atoms with van der Waals surface area (Å²) in [7, 11) is 0. The maximum absolute atomic E-state index is 9.43. The molecule has 0 spiro atoms. The molecule has 2 heterocycles. The molecule has 1 aliphatic rings. The molecule has 2 rings (SSSR count). The van der Waals surface area contributed by atoms with Crippen molar-refractivity contribution in [3.8, 4) is 0 Å². The number of nitrogens with one attached hydrogen (secondary N) is 1. The van der Waals surface area contributed by atoms with Gasteiger partial charge in [0, 0.05) is 31.4 Å². The highest BCUT2D eigenvalue weighted by Gasteiger charge is 2.34. The van der Waals surface area contributed by atoms with Crippen molar-refractivity contribution in [2.45, 2.75) is 45.8 Å². The molecule has 6 heteroatoms. The van der Waals surface area contributed by atoms with Crippen LogP contribution in [0, 0.1) is 6.92 Å². The van der Waals surface area contributed by atoms with Crippen molar-refractivity contribution in [1.29, 1.82) is 0 Å². The number of morpholine rings is 1. The van der Waals surface area contributed by atoms with E-state index < -0.39 is 0 Å². The minimum Gasteiger partial charge on any atom is -0.394 e. The second-order valence-electron chi connectivity index (χ2n) is 6.19. The van der Waals surface area contributed by atoms with Gasteiger partial charge >= 0.3 is 0 Å². The predicted octanol–water partition coefficient (Wildman–Crippen LogP) is 1.58. The van der Waals surface area contributed by atoms with E-state index in [1.54, 1.807) is 0 Å². The zero-order chi connectivity index (χ0) is 15.5. The van der Waals surface area contributed by atoms with Crippen molar-refractivity contribution in [2.24, 2.45) is 0 Å². The number of hydrogen-bond acceptors (Lipinski definition) is 6. The van der Waals surface area contributed by atoms with Crippen molar-refractivity contribution < 1.29 is 9.84 Å². The number of nitrogens with zero attached hydrogens (tertiary/aromatic N) is 3. The van der Waals surface area contributed by atoms with E-state index in [1.165, 1.54) is 0 Å². The summed E-state index contributed by atoms with van der Waals surface area (Å²) in [6.07, 6.45) is 2.69. The normalized spacial score (nSPS) is 21.4. The van der Waals surface area contributed by atoms with Gasteiger partial charge in [-0.2, -0.15) is 4.98 Å². The first-order valence-electron chi connectivity index (χ1n) is 7.56. The Morgan fingerprint density at radius 2 is 2.29 bits per heavy atom. The molecule has 0 bridgehead atoms. The molecule has 1 saturated heterocycles. The number of aliphatic hydroxyl groups is 1. The molecule has 1 aromatic heterocycles. The van der Waals surface area contributed by atoms with E-state index in [0.29, 0.717) is 12.5 Å². The summed E-state index contributed by atoms with van der Waals surface area (Å²) >= 11 is 0. The molecule has 1 aliphatic heterocycles. The fraction of sp³-hybridized carbons (Fsp3) is 0.733. The number of aryl methyl sites for hydroxylation is 1. The first-order valence-corrected chi connectivity index (χ1v) is 7.56. The van der Waals surface area contributed by atoms with Gasteiger partial charge in [0.05, 0.1) is 18.3 Å². The van der Waals surface area contributed by atoms with Gasteiger partial charge in [-0.25, -0.2) is 4.98 Å². The lowest BCUT2D eigenvalue weighted by Crippen LogP contribution is -2.54. The topological polar surface area (TPSA) is 70.5 Å². The highest BCUT2D eigenvalue weighted by molar-refractivity contribution is 5.49. The summed E-state index contributed by atoms with van der Waals surface area (Å²) < 4.78 is 5.86. The van der Waals surface area contributed by atoms with E-state index in [4.69, 9.17) is 4.74 Å². The maximum atomic E-state index is 9.43. The zero-order valence-electron chi connectivity index (χ0n) is 13.4. The highest BCUT2D eigenvalue weighted by atomic mass is 16.5. The second-order valence-corrected chi connectivity index (χ2v) is 6.19. The summed E-state index contributed by atoms with van der Waals surface area (Å²) in [6.45, 7) is 10.5. The van der Waals surface area contributed by atoms with Crippen LogP contribution in [0.4, 0.5) is 11.8 Å². The third-order valence-electron chi connectivity index (χ3n) is 3.46. The summed E-state index contributed by atoms with van der Waals surface area (Å²) in [6, 6.07) is 0. The van der Waals surface area contributed by atoms with Crippen LogP contribution in [0.2, 0.25) is 0 Å². The van der Waals surface area contributed by atoms with Crippen LogP contribution in [-0.4, -0.2) is 53.0 Å². The van der Waals surface area contributed by atoms with Crippen molar-refractivity contribution >= 4 is 11.8 Å². The number of anilines is 2. The summed E-state index contributed by atoms with van der Waals surface area (Å²) in [4.78, 5) is 11.1. The Labute approximate surface area is 126 Å². The number of hydrogen-bond donors (Lipinski definition) is 2. The fourth-order valence-electron chi connectivity index (χ4n) is 2.63. The van der Waals surface area contributed by atoms with Crippen molar-refractivity contribution in [2.75, 3.05) is 36.5 Å². The summed E-state index contributed by atoms with van der Waals surface area (Å²) in [5, 5.41) is 12.6. The first kappa shape index (κ1) is 16.0. The van der Waals surface area contributed by atoms with Gasteiger partial charge < -0.3 is 20.1 Å². The molecular formula is C15H26N4O2. The van der Waals surface area contributed by atoms with E-state index in [2.05, 4.69) is 27.1 Å². The molecule has 0 aliphatic carbocycles. The first-order chi connectivity index (χ1) is 9.95. The van der Waals surface area contributed by atoms with Crippen LogP contribution in [0.25, 0.3) is 0 Å². The Balaban J connectivity index is 2.22. The standard InChI is InChI=1S/C15H26N4O2/c1-5-6-16-14-17-7-11(2)13(18-14)19-8-12(9-20)21-15(3,4)10-19/h7,12,20H,5-6,8-10H2,1-4H3,(H,16,17,18). The van der Waals surface area contributed by atoms with Gasteiger partial charge in [-0.1, -0.05) is 6.92 Å². The number of ether oxygens (including phenoxy) is 1. The highest BCUT2D eigenvalue weighted by Crippen LogP contribution is 2.27. The third kappa shape index (κ3) is 4.04. The molecule has 0 radical (unpaired) electrons. The Hall–Kier alpha value is -1.40. The number of rotatable bonds is 5. The van der Waals surface area contributed by atoms with Crippen LogP contribution >= 0.6 is 0 Å². The van der Waals surface area contributed by atoms with Crippen molar-refractivity contribution in [3.05, 3.63) is 11.8 Å². The molecule has 1 unspecified atom stereocenters. The quantitative estimate of drug-likeness (QED) is 0.859. The Morgan fingerprint density at radius 3 is 2.95 bits per heavy atom. The van der Waals surface area contributed by atoms with Gasteiger partial charge in [0.1, 0.15) is 5.82 Å². The molecule has 0 saturated carbocycles. The molecule has 0 aromatic carbocycles. The van der Waals surface area contributed by atoms with Gasteiger partial charge in [-0.05, 0) is 27.2 Å². The molecule has 21 heavy (non-hydrogen) atoms. The smallest absolute Gasteiger partial charge is 0.224 e. The summed E-state index contributed by atoms with van der Waals surface area (Å²) in [5.41, 5.74) is 0.728. The van der Waals surface area contributed by atoms with E-state index in [0.717, 1.165) is 30.9 Å². The van der Waals surface area contributed by atoms with Gasteiger partial charge in [-0.3, -0.25) is 0 Å². The maximum Gasteiger partial charge on any atom is 0.224 e. The van der Waals surface area contributed by atoms with Gasteiger partial charge in [-0.15, -0.1) is 0 Å². The van der Waals surface area contributed by atoms with Gasteiger partial charge in [0.25, 0.3) is 0 Å². The van der Waals surface area contributed by atoms with Crippen LogP contribution in [0.3, 0.4) is 0 Å². The Kier molecular flexibility index (Phi) is 5.00. The van der Waals surface area contributed by atoms with Crippen LogP contribution in [0.15, 0.2) is 6.20 Å². The minimum absolute atomic E-state index is 0.0189. The Morgan fingerprint density at radius 1 is 1.52 bits per heavy atom. The largest absolute Gasteiger partial charge is 0.394 e. The molecule has 1 atom stereocenters. The average Bonchev–Trinajstić information content (AvgIpc) is 2.44. The molecule has 6 nitrogen and oxygen atoms in total.